The largest absolute Gasteiger partial charge is 0.481 e. The molecule has 0 aromatic heterocycles. The van der Waals surface area contributed by atoms with Crippen molar-refractivity contribution in [1.29, 1.82) is 5.41 Å². The Morgan fingerprint density at radius 1 is 1.08 bits per heavy atom. The summed E-state index contributed by atoms with van der Waals surface area (Å²) >= 11 is 0. The summed E-state index contributed by atoms with van der Waals surface area (Å²) in [6, 6.07) is 20.8. The predicted molar refractivity (Wildman–Crippen MR) is 142 cm³/mol. The minimum absolute atomic E-state index is 0.0550. The van der Waals surface area contributed by atoms with Gasteiger partial charge in [0.1, 0.15) is 11.9 Å². The van der Waals surface area contributed by atoms with E-state index in [1.54, 1.807) is 54.4 Å². The molecule has 9 nitrogen and oxygen atoms in total. The normalized spacial score (nSPS) is 14.8. The van der Waals surface area contributed by atoms with Crippen LogP contribution >= 0.6 is 0 Å². The van der Waals surface area contributed by atoms with E-state index in [1.165, 1.54) is 4.90 Å². The molecular weight excluding hydrogens is 470 g/mol. The first-order valence-electron chi connectivity index (χ1n) is 11.9. The number of carboxylic acid groups (broad SMARTS) is 1. The maximum Gasteiger partial charge on any atom is 0.305 e. The lowest BCUT2D eigenvalue weighted by Gasteiger charge is -2.24. The summed E-state index contributed by atoms with van der Waals surface area (Å²) in [5.74, 6) is -1.70. The first kappa shape index (κ1) is 25.4. The number of carboxylic acids is 1. The van der Waals surface area contributed by atoms with Gasteiger partial charge in [0.15, 0.2) is 0 Å². The second kappa shape index (κ2) is 10.9. The average molecular weight is 500 g/mol. The zero-order valence-corrected chi connectivity index (χ0v) is 20.5. The number of anilines is 2. The number of nitrogens with one attached hydrogen (secondary N) is 2. The number of carbonyl (C=O) groups excluding carboxylic acids is 2. The Hall–Kier alpha value is -4.66. The summed E-state index contributed by atoms with van der Waals surface area (Å²) < 4.78 is 0. The third-order valence-electron chi connectivity index (χ3n) is 6.42. The summed E-state index contributed by atoms with van der Waals surface area (Å²) in [5, 5.41) is 20.0. The van der Waals surface area contributed by atoms with E-state index in [2.05, 4.69) is 5.32 Å². The van der Waals surface area contributed by atoms with E-state index in [0.717, 1.165) is 11.1 Å². The van der Waals surface area contributed by atoms with Crippen molar-refractivity contribution in [2.24, 2.45) is 5.73 Å². The number of nitrogen functional groups attached to an aromatic ring is 1. The van der Waals surface area contributed by atoms with Gasteiger partial charge in [0.2, 0.25) is 5.91 Å². The highest BCUT2D eigenvalue weighted by Gasteiger charge is 2.31. The van der Waals surface area contributed by atoms with E-state index in [1.807, 2.05) is 30.3 Å². The molecule has 0 unspecified atom stereocenters. The molecule has 0 aliphatic carbocycles. The highest BCUT2D eigenvalue weighted by Crippen LogP contribution is 2.27. The van der Waals surface area contributed by atoms with Crippen molar-refractivity contribution in [3.05, 3.63) is 95.1 Å². The summed E-state index contributed by atoms with van der Waals surface area (Å²) in [6.45, 7) is 0.751. The van der Waals surface area contributed by atoms with E-state index >= 15 is 0 Å². The van der Waals surface area contributed by atoms with Crippen LogP contribution < -0.4 is 16.0 Å². The minimum Gasteiger partial charge on any atom is -0.481 e. The summed E-state index contributed by atoms with van der Waals surface area (Å²) in [5.41, 5.74) is 9.54. The van der Waals surface area contributed by atoms with Crippen LogP contribution in [0.5, 0.6) is 0 Å². The number of aliphatic carboxylic acids is 1. The fraction of sp³-hybridized carbons (Fsp3) is 0.214. The third kappa shape index (κ3) is 5.95. The summed E-state index contributed by atoms with van der Waals surface area (Å²) in [7, 11) is 1.65. The van der Waals surface area contributed by atoms with Crippen LogP contribution in [0.4, 0.5) is 11.4 Å². The first-order chi connectivity index (χ1) is 17.7. The highest BCUT2D eigenvalue weighted by molar-refractivity contribution is 6.07. The molecule has 4 rings (SSSR count). The fourth-order valence-corrected chi connectivity index (χ4v) is 4.32. The second-order valence-corrected chi connectivity index (χ2v) is 8.99. The molecule has 0 bridgehead atoms. The molecule has 0 saturated heterocycles. The van der Waals surface area contributed by atoms with E-state index in [4.69, 9.17) is 11.1 Å². The molecule has 0 fully saturated rings. The molecule has 5 N–H and O–H groups in total. The molecule has 9 heteroatoms. The molecule has 1 aliphatic heterocycles. The Labute approximate surface area is 215 Å². The third-order valence-corrected chi connectivity index (χ3v) is 6.42. The van der Waals surface area contributed by atoms with Crippen molar-refractivity contribution in [3.63, 3.8) is 0 Å². The molecule has 1 atom stereocenters. The number of nitrogens with zero attached hydrogens (tertiary/aromatic N) is 2. The van der Waals surface area contributed by atoms with E-state index in [0.29, 0.717) is 42.0 Å². The van der Waals surface area contributed by atoms with E-state index in [9.17, 15) is 19.5 Å². The van der Waals surface area contributed by atoms with Gasteiger partial charge in [-0.3, -0.25) is 19.8 Å². The van der Waals surface area contributed by atoms with Gasteiger partial charge in [0, 0.05) is 42.6 Å². The smallest absolute Gasteiger partial charge is 0.305 e. The molecule has 190 valence electrons. The van der Waals surface area contributed by atoms with Gasteiger partial charge in [-0.2, -0.15) is 0 Å². The SMILES string of the molecule is CN(C(=O)c1ccc2c(c1)N[C@H](CC(=O)O)C(=O)N(CCc1ccccc1)C2)c1ccc(C(=N)N)cc1. The molecule has 3 aromatic carbocycles. The highest BCUT2D eigenvalue weighted by atomic mass is 16.4. The maximum atomic E-state index is 13.3. The van der Waals surface area contributed by atoms with Gasteiger partial charge in [-0.15, -0.1) is 0 Å². The number of rotatable bonds is 8. The standard InChI is InChI=1S/C28H29N5O4/c1-32(22-11-9-19(10-12-22)26(29)30)27(36)20-7-8-21-17-33(14-13-18-5-3-2-4-6-18)28(37)24(16-25(34)35)31-23(21)15-20/h2-12,15,24,31H,13-14,16-17H2,1H3,(H3,29,30)(H,34,35)/t24-/m1/s1. The molecule has 0 spiro atoms. The number of amidine groups is 1. The predicted octanol–water partition coefficient (Wildman–Crippen LogP) is 3.09. The number of fused-ring (bicyclic) bond motifs is 1. The van der Waals surface area contributed by atoms with Crippen molar-refractivity contribution in [1.82, 2.24) is 4.90 Å². The van der Waals surface area contributed by atoms with Gasteiger partial charge in [-0.1, -0.05) is 36.4 Å². The molecule has 1 aliphatic rings. The number of carbonyl (C=O) groups is 3. The Morgan fingerprint density at radius 2 is 1.76 bits per heavy atom. The molecule has 37 heavy (non-hydrogen) atoms. The van der Waals surface area contributed by atoms with Crippen LogP contribution in [-0.4, -0.2) is 53.3 Å². The lowest BCUT2D eigenvalue weighted by molar-refractivity contribution is -0.141. The Bertz CT molecular complexity index is 1320. The fourth-order valence-electron chi connectivity index (χ4n) is 4.32. The first-order valence-corrected chi connectivity index (χ1v) is 11.9. The van der Waals surface area contributed by atoms with Crippen molar-refractivity contribution in [2.45, 2.75) is 25.4 Å². The van der Waals surface area contributed by atoms with Gasteiger partial charge in [-0.25, -0.2) is 0 Å². The lowest BCUT2D eigenvalue weighted by atomic mass is 10.1. The average Bonchev–Trinajstić information content (AvgIpc) is 3.02. The summed E-state index contributed by atoms with van der Waals surface area (Å²) in [6.07, 6.45) is 0.270. The molecule has 1 heterocycles. The Morgan fingerprint density at radius 3 is 2.41 bits per heavy atom. The van der Waals surface area contributed by atoms with E-state index < -0.39 is 12.0 Å². The van der Waals surface area contributed by atoms with Crippen molar-refractivity contribution in [3.8, 4) is 0 Å². The quantitative estimate of drug-likeness (QED) is 0.277. The van der Waals surface area contributed by atoms with Crippen LogP contribution in [0, 0.1) is 5.41 Å². The van der Waals surface area contributed by atoms with Crippen LogP contribution in [0.15, 0.2) is 72.8 Å². The Balaban J connectivity index is 1.58. The number of amides is 2. The van der Waals surface area contributed by atoms with Gasteiger partial charge >= 0.3 is 5.97 Å². The Kier molecular flexibility index (Phi) is 7.52. The van der Waals surface area contributed by atoms with Crippen molar-refractivity contribution >= 4 is 35.0 Å². The van der Waals surface area contributed by atoms with Crippen LogP contribution in [0.1, 0.15) is 33.5 Å². The molecule has 0 saturated carbocycles. The van der Waals surface area contributed by atoms with Crippen molar-refractivity contribution in [2.75, 3.05) is 23.8 Å². The molecule has 3 aromatic rings. The number of hydrogen-bond donors (Lipinski definition) is 4. The van der Waals surface area contributed by atoms with Crippen LogP contribution in [0.2, 0.25) is 0 Å². The van der Waals surface area contributed by atoms with Gasteiger partial charge < -0.3 is 26.0 Å². The summed E-state index contributed by atoms with van der Waals surface area (Å²) in [4.78, 5) is 41.2. The number of benzene rings is 3. The van der Waals surface area contributed by atoms with Gasteiger partial charge in [-0.05, 0) is 53.9 Å². The zero-order valence-electron chi connectivity index (χ0n) is 20.5. The molecule has 0 radical (unpaired) electrons. The molecular formula is C28H29N5O4. The second-order valence-electron chi connectivity index (χ2n) is 8.99. The van der Waals surface area contributed by atoms with Crippen LogP contribution in [0.25, 0.3) is 0 Å². The number of nitrogens with two attached hydrogens (primary N) is 1. The maximum absolute atomic E-state index is 13.3. The van der Waals surface area contributed by atoms with Crippen LogP contribution in [0.3, 0.4) is 0 Å². The minimum atomic E-state index is -1.08. The van der Waals surface area contributed by atoms with Gasteiger partial charge in [0.05, 0.1) is 6.42 Å². The van der Waals surface area contributed by atoms with E-state index in [-0.39, 0.29) is 24.1 Å². The zero-order chi connectivity index (χ0) is 26.5. The lowest BCUT2D eigenvalue weighted by Crippen LogP contribution is -2.42. The number of hydrogen-bond acceptors (Lipinski definition) is 5. The molecule has 2 amide bonds. The topological polar surface area (TPSA) is 140 Å². The van der Waals surface area contributed by atoms with Gasteiger partial charge in [0.25, 0.3) is 5.91 Å². The van der Waals surface area contributed by atoms with Crippen LogP contribution in [-0.2, 0) is 22.6 Å². The van der Waals surface area contributed by atoms with Crippen molar-refractivity contribution < 1.29 is 19.5 Å². The monoisotopic (exact) mass is 499 g/mol.